The Morgan fingerprint density at radius 3 is 2.93 bits per heavy atom. The lowest BCUT2D eigenvalue weighted by Gasteiger charge is -2.17. The first-order valence-electron chi connectivity index (χ1n) is 4.89. The van der Waals surface area contributed by atoms with Gasteiger partial charge in [0.25, 0.3) is 0 Å². The maximum absolute atomic E-state index is 11.6. The van der Waals surface area contributed by atoms with E-state index in [1.54, 1.807) is 18.7 Å². The molecule has 0 aromatic rings. The van der Waals surface area contributed by atoms with Gasteiger partial charge in [0, 0.05) is 17.7 Å². The fourth-order valence-corrected chi connectivity index (χ4v) is 2.42. The number of rotatable bonds is 4. The van der Waals surface area contributed by atoms with Crippen molar-refractivity contribution in [3.63, 3.8) is 0 Å². The average molecular weight is 218 g/mol. The van der Waals surface area contributed by atoms with E-state index < -0.39 is 0 Å². The van der Waals surface area contributed by atoms with Crippen LogP contribution in [0.5, 0.6) is 0 Å². The Morgan fingerprint density at radius 2 is 2.43 bits per heavy atom. The highest BCUT2D eigenvalue weighted by molar-refractivity contribution is 7.99. The van der Waals surface area contributed by atoms with Crippen molar-refractivity contribution < 1.29 is 9.90 Å². The summed E-state index contributed by atoms with van der Waals surface area (Å²) in [5.41, 5.74) is 0. The zero-order valence-corrected chi connectivity index (χ0v) is 9.43. The summed E-state index contributed by atoms with van der Waals surface area (Å²) in [4.78, 5) is 11.6. The fourth-order valence-electron chi connectivity index (χ4n) is 1.48. The summed E-state index contributed by atoms with van der Waals surface area (Å²) in [6.45, 7) is 3.64. The van der Waals surface area contributed by atoms with Crippen LogP contribution in [0.4, 0.5) is 0 Å². The van der Waals surface area contributed by atoms with Crippen LogP contribution in [0.3, 0.4) is 0 Å². The Hall–Kier alpha value is -0.260. The van der Waals surface area contributed by atoms with Crippen molar-refractivity contribution in [2.45, 2.75) is 38.5 Å². The normalized spacial score (nSPS) is 25.8. The standard InChI is InChI=1S/C9H18N2O2S/c1-6(3-7(2)12)11-9(13)8-4-14-5-10-8/h6-8,10,12H,3-5H2,1-2H3,(H,11,13). The maximum atomic E-state index is 11.6. The summed E-state index contributed by atoms with van der Waals surface area (Å²) < 4.78 is 0. The number of hydrogen-bond acceptors (Lipinski definition) is 4. The van der Waals surface area contributed by atoms with Crippen molar-refractivity contribution in [1.29, 1.82) is 0 Å². The van der Waals surface area contributed by atoms with Gasteiger partial charge in [-0.25, -0.2) is 0 Å². The van der Waals surface area contributed by atoms with Gasteiger partial charge in [0.15, 0.2) is 0 Å². The lowest BCUT2D eigenvalue weighted by molar-refractivity contribution is -0.123. The number of hydrogen-bond donors (Lipinski definition) is 3. The number of carbonyl (C=O) groups is 1. The molecule has 3 N–H and O–H groups in total. The van der Waals surface area contributed by atoms with Crippen LogP contribution in [0.15, 0.2) is 0 Å². The molecule has 3 atom stereocenters. The molecule has 0 aromatic heterocycles. The van der Waals surface area contributed by atoms with Crippen molar-refractivity contribution in [2.75, 3.05) is 11.6 Å². The summed E-state index contributed by atoms with van der Waals surface area (Å²) in [6.07, 6.45) is 0.238. The zero-order valence-electron chi connectivity index (χ0n) is 8.62. The molecule has 14 heavy (non-hydrogen) atoms. The highest BCUT2D eigenvalue weighted by Gasteiger charge is 2.23. The van der Waals surface area contributed by atoms with Crippen LogP contribution in [-0.2, 0) is 4.79 Å². The summed E-state index contributed by atoms with van der Waals surface area (Å²) in [5, 5.41) is 15.1. The molecule has 0 spiro atoms. The SMILES string of the molecule is CC(O)CC(C)NC(=O)C1CSCN1. The highest BCUT2D eigenvalue weighted by atomic mass is 32.2. The highest BCUT2D eigenvalue weighted by Crippen LogP contribution is 2.09. The van der Waals surface area contributed by atoms with Crippen LogP contribution in [0, 0.1) is 0 Å². The number of aliphatic hydroxyl groups is 1. The molecule has 1 heterocycles. The van der Waals surface area contributed by atoms with E-state index in [1.165, 1.54) is 0 Å². The van der Waals surface area contributed by atoms with Crippen LogP contribution in [0.2, 0.25) is 0 Å². The molecule has 1 amide bonds. The van der Waals surface area contributed by atoms with Gasteiger partial charge in [-0.15, -0.1) is 11.8 Å². The van der Waals surface area contributed by atoms with Gasteiger partial charge >= 0.3 is 0 Å². The monoisotopic (exact) mass is 218 g/mol. The van der Waals surface area contributed by atoms with Gasteiger partial charge in [-0.05, 0) is 20.3 Å². The Balaban J connectivity index is 2.25. The second-order valence-corrected chi connectivity index (χ2v) is 4.80. The molecule has 1 saturated heterocycles. The first-order chi connectivity index (χ1) is 6.59. The lowest BCUT2D eigenvalue weighted by Crippen LogP contribution is -2.46. The molecule has 1 aliphatic rings. The molecule has 3 unspecified atom stereocenters. The van der Waals surface area contributed by atoms with E-state index in [4.69, 9.17) is 5.11 Å². The molecule has 1 aliphatic heterocycles. The van der Waals surface area contributed by atoms with E-state index >= 15 is 0 Å². The molecule has 1 fully saturated rings. The predicted molar refractivity (Wildman–Crippen MR) is 58.2 cm³/mol. The lowest BCUT2D eigenvalue weighted by atomic mass is 10.1. The van der Waals surface area contributed by atoms with Gasteiger partial charge in [-0.3, -0.25) is 10.1 Å². The van der Waals surface area contributed by atoms with E-state index in [9.17, 15) is 4.79 Å². The largest absolute Gasteiger partial charge is 0.393 e. The molecule has 82 valence electrons. The Kier molecular flexibility index (Phi) is 4.71. The second kappa shape index (κ2) is 5.58. The second-order valence-electron chi connectivity index (χ2n) is 3.77. The third-order valence-corrected chi connectivity index (χ3v) is 3.06. The molecule has 0 bridgehead atoms. The molecule has 4 nitrogen and oxygen atoms in total. The van der Waals surface area contributed by atoms with Crippen LogP contribution in [-0.4, -0.2) is 40.8 Å². The first kappa shape index (κ1) is 11.8. The third-order valence-electron chi connectivity index (χ3n) is 2.12. The van der Waals surface area contributed by atoms with Crippen molar-refractivity contribution in [3.05, 3.63) is 0 Å². The molecule has 1 rings (SSSR count). The smallest absolute Gasteiger partial charge is 0.238 e. The molecular formula is C9H18N2O2S. The average Bonchev–Trinajstić information content (AvgIpc) is 2.53. The van der Waals surface area contributed by atoms with Gasteiger partial charge < -0.3 is 10.4 Å². The minimum absolute atomic E-state index is 0.0369. The van der Waals surface area contributed by atoms with Gasteiger partial charge in [0.1, 0.15) is 0 Å². The molecule has 0 aromatic carbocycles. The zero-order chi connectivity index (χ0) is 10.6. The number of aliphatic hydroxyl groups excluding tert-OH is 1. The van der Waals surface area contributed by atoms with Crippen molar-refractivity contribution in [2.24, 2.45) is 0 Å². The quantitative estimate of drug-likeness (QED) is 0.618. The van der Waals surface area contributed by atoms with Gasteiger partial charge in [0.2, 0.25) is 5.91 Å². The van der Waals surface area contributed by atoms with Gasteiger partial charge in [0.05, 0.1) is 12.1 Å². The van der Waals surface area contributed by atoms with Crippen LogP contribution < -0.4 is 10.6 Å². The predicted octanol–water partition coefficient (Wildman–Crippen LogP) is -0.0755. The number of amides is 1. The minimum atomic E-state index is -0.365. The topological polar surface area (TPSA) is 61.4 Å². The van der Waals surface area contributed by atoms with E-state index in [1.807, 2.05) is 6.92 Å². The van der Waals surface area contributed by atoms with E-state index in [-0.39, 0.29) is 24.1 Å². The van der Waals surface area contributed by atoms with Gasteiger partial charge in [-0.2, -0.15) is 0 Å². The molecule has 0 saturated carbocycles. The summed E-state index contributed by atoms with van der Waals surface area (Å²) in [6, 6.07) is -0.0219. The van der Waals surface area contributed by atoms with Gasteiger partial charge in [-0.1, -0.05) is 0 Å². The van der Waals surface area contributed by atoms with E-state index in [2.05, 4.69) is 10.6 Å². The first-order valence-corrected chi connectivity index (χ1v) is 6.04. The number of thioether (sulfide) groups is 1. The Bertz CT molecular complexity index is 193. The van der Waals surface area contributed by atoms with Crippen molar-refractivity contribution in [1.82, 2.24) is 10.6 Å². The maximum Gasteiger partial charge on any atom is 0.238 e. The van der Waals surface area contributed by atoms with E-state index in [0.29, 0.717) is 6.42 Å². The fraction of sp³-hybridized carbons (Fsp3) is 0.889. The molecule has 0 aliphatic carbocycles. The van der Waals surface area contributed by atoms with Crippen LogP contribution >= 0.6 is 11.8 Å². The Labute approximate surface area is 88.8 Å². The van der Waals surface area contributed by atoms with E-state index in [0.717, 1.165) is 11.6 Å². The van der Waals surface area contributed by atoms with Crippen molar-refractivity contribution >= 4 is 17.7 Å². The van der Waals surface area contributed by atoms with Crippen LogP contribution in [0.1, 0.15) is 20.3 Å². The van der Waals surface area contributed by atoms with Crippen LogP contribution in [0.25, 0.3) is 0 Å². The summed E-state index contributed by atoms with van der Waals surface area (Å²) in [5.74, 6) is 1.74. The molecule has 0 radical (unpaired) electrons. The molecule has 5 heteroatoms. The number of nitrogens with one attached hydrogen (secondary N) is 2. The Morgan fingerprint density at radius 1 is 1.71 bits per heavy atom. The minimum Gasteiger partial charge on any atom is -0.393 e. The van der Waals surface area contributed by atoms with Crippen molar-refractivity contribution in [3.8, 4) is 0 Å². The molecular weight excluding hydrogens is 200 g/mol. The summed E-state index contributed by atoms with van der Waals surface area (Å²) in [7, 11) is 0. The summed E-state index contributed by atoms with van der Waals surface area (Å²) >= 11 is 1.73. The third kappa shape index (κ3) is 3.86. The number of carbonyl (C=O) groups excluding carboxylic acids is 1.